The summed E-state index contributed by atoms with van der Waals surface area (Å²) in [6.07, 6.45) is 3.56. The van der Waals surface area contributed by atoms with Crippen molar-refractivity contribution in [2.75, 3.05) is 37.6 Å². The van der Waals surface area contributed by atoms with E-state index in [4.69, 9.17) is 4.37 Å². The van der Waals surface area contributed by atoms with Crippen molar-refractivity contribution in [2.45, 2.75) is 62.7 Å². The number of rotatable bonds is 5. The van der Waals surface area contributed by atoms with Crippen LogP contribution in [-0.2, 0) is 6.54 Å². The molecule has 9 heteroatoms. The standard InChI is InChI=1S/C28H36N4O4S/c33-24-19-13-20(25(24)34)23-22(19)27(35)32(28(23)36)15-17-6-2-1-5-16(17)14-30-9-11-31(12-10-30)26-18-7-3-4-8-21(18)37-29-26/h3-4,7-8,16-17,19-20,24-25,33-36H,1-2,5-6,9-15H2. The maximum Gasteiger partial charge on any atom is 0.197 e. The van der Waals surface area contributed by atoms with E-state index in [1.807, 2.05) is 0 Å². The molecule has 7 rings (SSSR count). The maximum atomic E-state index is 11.1. The number of nitrogens with zero attached hydrogens (tertiary/aromatic N) is 4. The van der Waals surface area contributed by atoms with Gasteiger partial charge in [-0.2, -0.15) is 4.37 Å². The topological polar surface area (TPSA) is 105 Å². The lowest BCUT2D eigenvalue weighted by Gasteiger charge is -2.40. The van der Waals surface area contributed by atoms with Gasteiger partial charge in [0.2, 0.25) is 0 Å². The second-order valence-electron chi connectivity index (χ2n) is 11.6. The molecule has 2 aromatic heterocycles. The molecule has 1 saturated heterocycles. The molecule has 4 N–H and O–H groups in total. The maximum absolute atomic E-state index is 11.1. The van der Waals surface area contributed by atoms with Gasteiger partial charge in [-0.1, -0.05) is 25.0 Å². The summed E-state index contributed by atoms with van der Waals surface area (Å²) in [5.74, 6) is 1.65. The van der Waals surface area contributed by atoms with E-state index in [9.17, 15) is 20.4 Å². The Bertz CT molecular complexity index is 1260. The summed E-state index contributed by atoms with van der Waals surface area (Å²) in [5, 5.41) is 44.2. The fourth-order valence-corrected chi connectivity index (χ4v) is 8.51. The Kier molecular flexibility index (Phi) is 5.88. The lowest BCUT2D eigenvalue weighted by molar-refractivity contribution is 0.0211. The van der Waals surface area contributed by atoms with Crippen LogP contribution in [-0.4, -0.2) is 79.2 Å². The number of aromatic nitrogens is 2. The molecule has 0 radical (unpaired) electrons. The lowest BCUT2D eigenvalue weighted by atomic mass is 9.78. The molecule has 3 aliphatic carbocycles. The van der Waals surface area contributed by atoms with E-state index in [1.54, 1.807) is 16.1 Å². The number of aliphatic hydroxyl groups is 2. The SMILES string of the molecule is Oc1c2c(c(O)n1CC1CCCCC1CN1CCN(c3nsc4ccccc34)CC1)C1CC2C(O)C1O. The molecule has 4 aliphatic rings. The van der Waals surface area contributed by atoms with Crippen LogP contribution in [0, 0.1) is 11.8 Å². The van der Waals surface area contributed by atoms with Crippen LogP contribution in [0.1, 0.15) is 55.1 Å². The highest BCUT2D eigenvalue weighted by atomic mass is 32.1. The Labute approximate surface area is 220 Å². The number of hydrogen-bond donors (Lipinski definition) is 4. The van der Waals surface area contributed by atoms with Gasteiger partial charge < -0.3 is 25.3 Å². The van der Waals surface area contributed by atoms with Gasteiger partial charge in [-0.25, -0.2) is 0 Å². The Morgan fingerprint density at radius 1 is 0.838 bits per heavy atom. The Morgan fingerprint density at radius 3 is 2.14 bits per heavy atom. The van der Waals surface area contributed by atoms with E-state index in [0.29, 0.717) is 35.9 Å². The average Bonchev–Trinajstić information content (AvgIpc) is 3.65. The zero-order valence-electron chi connectivity index (χ0n) is 21.0. The minimum absolute atomic E-state index is 0.0966. The van der Waals surface area contributed by atoms with E-state index in [0.717, 1.165) is 45.0 Å². The fraction of sp³-hybridized carbons (Fsp3) is 0.607. The minimum Gasteiger partial charge on any atom is -0.494 e. The normalized spacial score (nSPS) is 31.9. The lowest BCUT2D eigenvalue weighted by Crippen LogP contribution is -2.49. The molecular weight excluding hydrogens is 488 g/mol. The van der Waals surface area contributed by atoms with E-state index >= 15 is 0 Å². The van der Waals surface area contributed by atoms with Crippen LogP contribution in [0.4, 0.5) is 5.82 Å². The van der Waals surface area contributed by atoms with Crippen LogP contribution in [0.2, 0.25) is 0 Å². The molecule has 6 unspecified atom stereocenters. The van der Waals surface area contributed by atoms with E-state index in [-0.39, 0.29) is 23.6 Å². The molecule has 8 nitrogen and oxygen atoms in total. The number of aliphatic hydroxyl groups excluding tert-OH is 2. The quantitative estimate of drug-likeness (QED) is 0.405. The van der Waals surface area contributed by atoms with Crippen molar-refractivity contribution in [3.8, 4) is 11.8 Å². The Morgan fingerprint density at radius 2 is 1.46 bits per heavy atom. The van der Waals surface area contributed by atoms with Gasteiger partial charge in [0.25, 0.3) is 0 Å². The molecule has 1 aromatic carbocycles. The number of hydrogen-bond acceptors (Lipinski definition) is 8. The second-order valence-corrected chi connectivity index (χ2v) is 12.4. The predicted molar refractivity (Wildman–Crippen MR) is 144 cm³/mol. The smallest absolute Gasteiger partial charge is 0.197 e. The van der Waals surface area contributed by atoms with Gasteiger partial charge in [0, 0.05) is 67.6 Å². The molecule has 37 heavy (non-hydrogen) atoms. The largest absolute Gasteiger partial charge is 0.494 e. The van der Waals surface area contributed by atoms with Gasteiger partial charge in [0.15, 0.2) is 11.8 Å². The molecule has 2 saturated carbocycles. The van der Waals surface area contributed by atoms with Crippen LogP contribution in [0.15, 0.2) is 24.3 Å². The summed E-state index contributed by atoms with van der Waals surface area (Å²) in [6.45, 7) is 5.62. The fourth-order valence-electron chi connectivity index (χ4n) is 7.72. The summed E-state index contributed by atoms with van der Waals surface area (Å²) in [5.41, 5.74) is 1.33. The van der Waals surface area contributed by atoms with Gasteiger partial charge in [0.05, 0.1) is 16.9 Å². The second kappa shape index (κ2) is 9.15. The minimum atomic E-state index is -0.859. The van der Waals surface area contributed by atoms with E-state index < -0.39 is 12.2 Å². The first-order valence-electron chi connectivity index (χ1n) is 13.8. The zero-order valence-corrected chi connectivity index (χ0v) is 21.9. The van der Waals surface area contributed by atoms with Gasteiger partial charge in [-0.15, -0.1) is 0 Å². The first-order valence-corrected chi connectivity index (χ1v) is 14.6. The molecule has 2 bridgehead atoms. The number of fused-ring (bicyclic) bond motifs is 6. The molecule has 0 spiro atoms. The number of anilines is 1. The number of benzene rings is 1. The summed E-state index contributed by atoms with van der Waals surface area (Å²) in [4.78, 5) is 5.00. The number of piperazine rings is 1. The predicted octanol–water partition coefficient (Wildman–Crippen LogP) is 3.44. The molecule has 198 valence electrons. The molecular formula is C28H36N4O4S. The molecule has 3 aromatic rings. The van der Waals surface area contributed by atoms with Crippen molar-refractivity contribution in [3.63, 3.8) is 0 Å². The Hall–Kier alpha value is -2.33. The monoisotopic (exact) mass is 524 g/mol. The zero-order chi connectivity index (χ0) is 25.3. The van der Waals surface area contributed by atoms with E-state index in [2.05, 4.69) is 34.1 Å². The highest BCUT2D eigenvalue weighted by molar-refractivity contribution is 7.13. The van der Waals surface area contributed by atoms with Gasteiger partial charge >= 0.3 is 0 Å². The van der Waals surface area contributed by atoms with Crippen molar-refractivity contribution in [1.29, 1.82) is 0 Å². The van der Waals surface area contributed by atoms with Crippen LogP contribution in [0.5, 0.6) is 11.8 Å². The first-order chi connectivity index (χ1) is 18.0. The van der Waals surface area contributed by atoms with Gasteiger partial charge in [-0.05, 0) is 54.8 Å². The van der Waals surface area contributed by atoms with E-state index in [1.165, 1.54) is 29.3 Å². The molecule has 1 aliphatic heterocycles. The number of aromatic hydroxyl groups is 2. The van der Waals surface area contributed by atoms with Crippen molar-refractivity contribution < 1.29 is 20.4 Å². The van der Waals surface area contributed by atoms with Gasteiger partial charge in [0.1, 0.15) is 5.82 Å². The third kappa shape index (κ3) is 3.77. The summed E-state index contributed by atoms with van der Waals surface area (Å²) in [6, 6.07) is 8.46. The molecule has 3 fully saturated rings. The van der Waals surface area contributed by atoms with Gasteiger partial charge in [-0.3, -0.25) is 9.47 Å². The van der Waals surface area contributed by atoms with Crippen LogP contribution in [0.25, 0.3) is 10.1 Å². The summed E-state index contributed by atoms with van der Waals surface area (Å²) in [7, 11) is 0. The van der Waals surface area contributed by atoms with Crippen molar-refractivity contribution >= 4 is 27.4 Å². The first kappa shape index (κ1) is 23.8. The van der Waals surface area contributed by atoms with Crippen molar-refractivity contribution in [1.82, 2.24) is 13.8 Å². The third-order valence-electron chi connectivity index (χ3n) is 9.71. The third-order valence-corrected chi connectivity index (χ3v) is 10.5. The average molecular weight is 525 g/mol. The summed E-state index contributed by atoms with van der Waals surface area (Å²) >= 11 is 1.58. The van der Waals surface area contributed by atoms with Crippen molar-refractivity contribution in [3.05, 3.63) is 35.4 Å². The van der Waals surface area contributed by atoms with Crippen LogP contribution < -0.4 is 4.90 Å². The summed E-state index contributed by atoms with van der Waals surface area (Å²) < 4.78 is 7.66. The van der Waals surface area contributed by atoms with Crippen molar-refractivity contribution in [2.24, 2.45) is 11.8 Å². The Balaban J connectivity index is 1.03. The molecule has 3 heterocycles. The molecule has 0 amide bonds. The van der Waals surface area contributed by atoms with Crippen LogP contribution >= 0.6 is 11.5 Å². The van der Waals surface area contributed by atoms with Crippen LogP contribution in [0.3, 0.4) is 0 Å². The highest BCUT2D eigenvalue weighted by Gasteiger charge is 2.54. The molecule has 6 atom stereocenters. The highest BCUT2D eigenvalue weighted by Crippen LogP contribution is 2.60.